The van der Waals surface area contributed by atoms with Gasteiger partial charge in [0.1, 0.15) is 12.3 Å². The van der Waals surface area contributed by atoms with Crippen LogP contribution in [0.2, 0.25) is 0 Å². The molecule has 4 rings (SSSR count). The van der Waals surface area contributed by atoms with Crippen LogP contribution in [0.25, 0.3) is 10.9 Å². The average molecular weight is 543 g/mol. The Morgan fingerprint density at radius 2 is 1.57 bits per heavy atom. The normalized spacial score (nSPS) is 10.9. The number of urea groups is 1. The van der Waals surface area contributed by atoms with E-state index in [0.29, 0.717) is 26.1 Å². The number of nitrogens with one attached hydrogen (secondary N) is 2. The van der Waals surface area contributed by atoms with E-state index in [9.17, 15) is 9.59 Å². The van der Waals surface area contributed by atoms with Crippen LogP contribution in [0, 0.1) is 13.8 Å². The van der Waals surface area contributed by atoms with Gasteiger partial charge in [-0.2, -0.15) is 0 Å². The fraction of sp³-hybridized carbons (Fsp3) is 0.312. The standard InChI is InChI=1S/C32H38N4O4/c1-23-10-9-11-24(2)31(23)34-32(38)36(18-19-39-3)22-30(37)35(21-26-12-5-8-15-29(26)40-4)17-16-25-20-33-28-14-7-6-13-27(25)28/h5-15,20,33H,16-19,21-22H2,1-4H3,(H,34,38). The van der Waals surface area contributed by atoms with Crippen molar-refractivity contribution in [3.8, 4) is 5.75 Å². The van der Waals surface area contributed by atoms with Gasteiger partial charge in [-0.3, -0.25) is 4.79 Å². The fourth-order valence-corrected chi connectivity index (χ4v) is 4.84. The number of ether oxygens (including phenoxy) is 2. The third-order valence-corrected chi connectivity index (χ3v) is 7.12. The minimum Gasteiger partial charge on any atom is -0.496 e. The number of aromatic amines is 1. The number of hydrogen-bond donors (Lipinski definition) is 2. The van der Waals surface area contributed by atoms with Crippen molar-refractivity contribution >= 4 is 28.5 Å². The number of nitrogens with zero attached hydrogens (tertiary/aromatic N) is 2. The van der Waals surface area contributed by atoms with Crippen LogP contribution in [0.4, 0.5) is 10.5 Å². The first-order valence-corrected chi connectivity index (χ1v) is 13.5. The topological polar surface area (TPSA) is 86.9 Å². The Hall–Kier alpha value is -4.30. The lowest BCUT2D eigenvalue weighted by Crippen LogP contribution is -2.46. The molecule has 3 amide bonds. The van der Waals surface area contributed by atoms with Crippen molar-refractivity contribution in [1.82, 2.24) is 14.8 Å². The van der Waals surface area contributed by atoms with Gasteiger partial charge in [0.15, 0.2) is 0 Å². The van der Waals surface area contributed by atoms with Gasteiger partial charge in [-0.15, -0.1) is 0 Å². The van der Waals surface area contributed by atoms with Crippen molar-refractivity contribution in [1.29, 1.82) is 0 Å². The highest BCUT2D eigenvalue weighted by Crippen LogP contribution is 2.23. The van der Waals surface area contributed by atoms with Crippen LogP contribution in [-0.4, -0.2) is 67.2 Å². The number of rotatable bonds is 12. The maximum absolute atomic E-state index is 13.8. The Kier molecular flexibility index (Phi) is 9.81. The average Bonchev–Trinajstić information content (AvgIpc) is 3.38. The number of H-pyrrole nitrogens is 1. The molecule has 1 aromatic heterocycles. The summed E-state index contributed by atoms with van der Waals surface area (Å²) in [4.78, 5) is 33.9. The minimum atomic E-state index is -0.336. The number of anilines is 1. The molecule has 0 aliphatic heterocycles. The van der Waals surface area contributed by atoms with Gasteiger partial charge in [0.05, 0.1) is 13.7 Å². The third-order valence-electron chi connectivity index (χ3n) is 7.12. The van der Waals surface area contributed by atoms with E-state index in [1.807, 2.05) is 80.7 Å². The number of methoxy groups -OCH3 is 2. The molecule has 3 aromatic carbocycles. The van der Waals surface area contributed by atoms with E-state index in [4.69, 9.17) is 9.47 Å². The van der Waals surface area contributed by atoms with Gasteiger partial charge in [0, 0.05) is 55.1 Å². The van der Waals surface area contributed by atoms with Crippen molar-refractivity contribution in [2.24, 2.45) is 0 Å². The number of hydrogen-bond acceptors (Lipinski definition) is 4. The highest BCUT2D eigenvalue weighted by atomic mass is 16.5. The number of fused-ring (bicyclic) bond motifs is 1. The van der Waals surface area contributed by atoms with Gasteiger partial charge < -0.3 is 29.6 Å². The van der Waals surface area contributed by atoms with Crippen molar-refractivity contribution in [2.75, 3.05) is 45.8 Å². The zero-order chi connectivity index (χ0) is 28.5. The number of para-hydroxylation sites is 3. The molecular weight excluding hydrogens is 504 g/mol. The molecule has 0 unspecified atom stereocenters. The Bertz CT molecular complexity index is 1430. The van der Waals surface area contributed by atoms with Gasteiger partial charge in [-0.05, 0) is 49.1 Å². The summed E-state index contributed by atoms with van der Waals surface area (Å²) in [6.07, 6.45) is 2.66. The number of benzene rings is 3. The van der Waals surface area contributed by atoms with Gasteiger partial charge in [-0.25, -0.2) is 4.79 Å². The Labute approximate surface area is 235 Å². The Balaban J connectivity index is 1.55. The summed E-state index contributed by atoms with van der Waals surface area (Å²) >= 11 is 0. The van der Waals surface area contributed by atoms with Crippen LogP contribution in [0.3, 0.4) is 0 Å². The molecule has 0 fully saturated rings. The molecule has 40 heavy (non-hydrogen) atoms. The monoisotopic (exact) mass is 542 g/mol. The number of amides is 3. The maximum Gasteiger partial charge on any atom is 0.322 e. The van der Waals surface area contributed by atoms with Crippen molar-refractivity contribution < 1.29 is 19.1 Å². The lowest BCUT2D eigenvalue weighted by Gasteiger charge is -2.28. The van der Waals surface area contributed by atoms with Crippen LogP contribution >= 0.6 is 0 Å². The molecule has 8 heteroatoms. The zero-order valence-electron chi connectivity index (χ0n) is 23.7. The largest absolute Gasteiger partial charge is 0.496 e. The summed E-state index contributed by atoms with van der Waals surface area (Å²) in [5.41, 5.74) is 5.78. The van der Waals surface area contributed by atoms with E-state index in [1.54, 1.807) is 19.1 Å². The summed E-state index contributed by atoms with van der Waals surface area (Å²) in [5.74, 6) is 0.565. The lowest BCUT2D eigenvalue weighted by molar-refractivity contribution is -0.132. The van der Waals surface area contributed by atoms with Gasteiger partial charge >= 0.3 is 6.03 Å². The van der Waals surface area contributed by atoms with Crippen molar-refractivity contribution in [2.45, 2.75) is 26.8 Å². The van der Waals surface area contributed by atoms with E-state index in [2.05, 4.69) is 16.4 Å². The van der Waals surface area contributed by atoms with Crippen LogP contribution in [0.1, 0.15) is 22.3 Å². The zero-order valence-corrected chi connectivity index (χ0v) is 23.7. The summed E-state index contributed by atoms with van der Waals surface area (Å²) < 4.78 is 10.8. The summed E-state index contributed by atoms with van der Waals surface area (Å²) in [6, 6.07) is 21.3. The van der Waals surface area contributed by atoms with E-state index < -0.39 is 0 Å². The second-order valence-electron chi connectivity index (χ2n) is 9.85. The van der Waals surface area contributed by atoms with Gasteiger partial charge in [0.25, 0.3) is 0 Å². The second-order valence-corrected chi connectivity index (χ2v) is 9.85. The fourth-order valence-electron chi connectivity index (χ4n) is 4.84. The minimum absolute atomic E-state index is 0.0802. The van der Waals surface area contributed by atoms with Crippen molar-refractivity contribution in [3.63, 3.8) is 0 Å². The number of aryl methyl sites for hydroxylation is 2. The summed E-state index contributed by atoms with van der Waals surface area (Å²) in [7, 11) is 3.21. The first kappa shape index (κ1) is 28.7. The molecule has 0 radical (unpaired) electrons. The molecule has 0 spiro atoms. The van der Waals surface area contributed by atoms with Crippen LogP contribution in [0.5, 0.6) is 5.75 Å². The number of aromatic nitrogens is 1. The predicted molar refractivity (Wildman–Crippen MR) is 159 cm³/mol. The maximum atomic E-state index is 13.8. The molecule has 8 nitrogen and oxygen atoms in total. The first-order valence-electron chi connectivity index (χ1n) is 13.5. The highest BCUT2D eigenvalue weighted by molar-refractivity contribution is 5.93. The van der Waals surface area contributed by atoms with Crippen LogP contribution in [0.15, 0.2) is 72.9 Å². The van der Waals surface area contributed by atoms with Gasteiger partial charge in [0.2, 0.25) is 5.91 Å². The van der Waals surface area contributed by atoms with Crippen LogP contribution in [-0.2, 0) is 22.5 Å². The van der Waals surface area contributed by atoms with E-state index >= 15 is 0 Å². The highest BCUT2D eigenvalue weighted by Gasteiger charge is 2.23. The molecule has 2 N–H and O–H groups in total. The quantitative estimate of drug-likeness (QED) is 0.246. The smallest absolute Gasteiger partial charge is 0.322 e. The van der Waals surface area contributed by atoms with E-state index in [1.165, 1.54) is 4.90 Å². The molecule has 0 bridgehead atoms. The molecule has 0 atom stereocenters. The Morgan fingerprint density at radius 3 is 2.33 bits per heavy atom. The number of carbonyl (C=O) groups is 2. The summed E-state index contributed by atoms with van der Waals surface area (Å²) in [6.45, 7) is 5.26. The van der Waals surface area contributed by atoms with Crippen molar-refractivity contribution in [3.05, 3.63) is 95.2 Å². The molecular formula is C32H38N4O4. The Morgan fingerprint density at radius 1 is 0.850 bits per heavy atom. The summed E-state index contributed by atoms with van der Waals surface area (Å²) in [5, 5.41) is 4.15. The molecule has 1 heterocycles. The van der Waals surface area contributed by atoms with E-state index in [0.717, 1.165) is 44.6 Å². The molecule has 0 saturated heterocycles. The lowest BCUT2D eigenvalue weighted by atomic mass is 10.1. The van der Waals surface area contributed by atoms with E-state index in [-0.39, 0.29) is 25.0 Å². The second kappa shape index (κ2) is 13.7. The molecule has 0 aliphatic carbocycles. The molecule has 0 aliphatic rings. The van der Waals surface area contributed by atoms with Crippen LogP contribution < -0.4 is 10.1 Å². The molecule has 4 aromatic rings. The SMILES string of the molecule is COCCN(CC(=O)N(CCc1c[nH]c2ccccc12)Cc1ccccc1OC)C(=O)Nc1c(C)cccc1C. The van der Waals surface area contributed by atoms with Gasteiger partial charge in [-0.1, -0.05) is 54.6 Å². The number of carbonyl (C=O) groups excluding carboxylic acids is 2. The molecule has 0 saturated carbocycles. The molecule has 210 valence electrons. The third kappa shape index (κ3) is 7.01. The predicted octanol–water partition coefficient (Wildman–Crippen LogP) is 5.55. The first-order chi connectivity index (χ1) is 19.4.